The van der Waals surface area contributed by atoms with Crippen LogP contribution < -0.4 is 5.32 Å². The van der Waals surface area contributed by atoms with E-state index in [-0.39, 0.29) is 0 Å². The highest BCUT2D eigenvalue weighted by molar-refractivity contribution is 5.22. The Morgan fingerprint density at radius 3 is 3.00 bits per heavy atom. The zero-order valence-corrected chi connectivity index (χ0v) is 12.5. The molecule has 0 amide bonds. The van der Waals surface area contributed by atoms with Crippen molar-refractivity contribution in [2.45, 2.75) is 45.5 Å². The maximum atomic E-state index is 5.17. The van der Waals surface area contributed by atoms with Gasteiger partial charge in [0.1, 0.15) is 11.6 Å². The molecule has 0 fully saturated rings. The third-order valence-corrected chi connectivity index (χ3v) is 3.85. The fourth-order valence-electron chi connectivity index (χ4n) is 2.81. The quantitative estimate of drug-likeness (QED) is 0.883. The van der Waals surface area contributed by atoms with Gasteiger partial charge in [0.05, 0.1) is 13.2 Å². The second-order valence-corrected chi connectivity index (χ2v) is 5.50. The fraction of sp³-hybridized carbons (Fsp3) is 0.500. The zero-order valence-electron chi connectivity index (χ0n) is 12.5. The third kappa shape index (κ3) is 3.49. The van der Waals surface area contributed by atoms with Gasteiger partial charge in [-0.05, 0) is 24.0 Å². The van der Waals surface area contributed by atoms with E-state index in [1.54, 1.807) is 7.11 Å². The average molecular weight is 286 g/mol. The molecule has 5 nitrogen and oxygen atoms in total. The van der Waals surface area contributed by atoms with Gasteiger partial charge in [0.15, 0.2) is 0 Å². The Kier molecular flexibility index (Phi) is 4.62. The number of hydrogen-bond donors (Lipinski definition) is 1. The van der Waals surface area contributed by atoms with E-state index < -0.39 is 0 Å². The number of nitrogens with zero attached hydrogens (tertiary/aromatic N) is 3. The van der Waals surface area contributed by atoms with Crippen LogP contribution in [-0.4, -0.2) is 21.9 Å². The van der Waals surface area contributed by atoms with Gasteiger partial charge in [-0.1, -0.05) is 24.3 Å². The highest BCUT2D eigenvalue weighted by Gasteiger charge is 2.14. The molecule has 0 spiro atoms. The Morgan fingerprint density at radius 1 is 1.19 bits per heavy atom. The molecule has 0 aliphatic carbocycles. The summed E-state index contributed by atoms with van der Waals surface area (Å²) in [5.74, 6) is 2.19. The maximum Gasteiger partial charge on any atom is 0.147 e. The second kappa shape index (κ2) is 6.83. The molecule has 2 aromatic rings. The van der Waals surface area contributed by atoms with Crippen LogP contribution in [0.5, 0.6) is 0 Å². The molecule has 0 bridgehead atoms. The summed E-state index contributed by atoms with van der Waals surface area (Å²) in [5.41, 5.74) is 2.47. The molecule has 0 unspecified atom stereocenters. The number of aromatic nitrogens is 3. The molecule has 0 saturated carbocycles. The van der Waals surface area contributed by atoms with E-state index in [1.165, 1.54) is 24.0 Å². The summed E-state index contributed by atoms with van der Waals surface area (Å²) in [5, 5.41) is 12.0. The van der Waals surface area contributed by atoms with Crippen LogP contribution in [0.15, 0.2) is 24.3 Å². The molecule has 5 heteroatoms. The third-order valence-electron chi connectivity index (χ3n) is 3.85. The van der Waals surface area contributed by atoms with E-state index in [0.29, 0.717) is 6.61 Å². The molecular weight excluding hydrogens is 264 g/mol. The summed E-state index contributed by atoms with van der Waals surface area (Å²) < 4.78 is 7.43. The SMILES string of the molecule is COCc1cccc(CNCc2nnc3n2CCCC3)c1. The lowest BCUT2D eigenvalue weighted by Crippen LogP contribution is -2.19. The van der Waals surface area contributed by atoms with E-state index in [9.17, 15) is 0 Å². The standard InChI is InChI=1S/C16H22N4O/c1-21-12-14-6-4-5-13(9-14)10-17-11-16-19-18-15-7-2-3-8-20(15)16/h4-6,9,17H,2-3,7-8,10-12H2,1H3. The minimum Gasteiger partial charge on any atom is -0.380 e. The largest absolute Gasteiger partial charge is 0.380 e. The van der Waals surface area contributed by atoms with Crippen LogP contribution in [-0.2, 0) is 37.4 Å². The van der Waals surface area contributed by atoms with Gasteiger partial charge in [0, 0.05) is 26.6 Å². The predicted octanol–water partition coefficient (Wildman–Crippen LogP) is 2.05. The first kappa shape index (κ1) is 14.2. The number of benzene rings is 1. The zero-order chi connectivity index (χ0) is 14.5. The Morgan fingerprint density at radius 2 is 2.10 bits per heavy atom. The van der Waals surface area contributed by atoms with Crippen molar-refractivity contribution in [1.29, 1.82) is 0 Å². The Balaban J connectivity index is 1.56. The number of rotatable bonds is 6. The van der Waals surface area contributed by atoms with Crippen molar-refractivity contribution in [2.24, 2.45) is 0 Å². The minimum atomic E-state index is 0.658. The number of aryl methyl sites for hydroxylation is 1. The minimum absolute atomic E-state index is 0.658. The van der Waals surface area contributed by atoms with Crippen molar-refractivity contribution >= 4 is 0 Å². The Hall–Kier alpha value is -1.72. The Bertz CT molecular complexity index is 594. The van der Waals surface area contributed by atoms with Crippen molar-refractivity contribution in [3.05, 3.63) is 47.0 Å². The molecule has 1 aliphatic heterocycles. The molecule has 0 saturated heterocycles. The van der Waals surface area contributed by atoms with Gasteiger partial charge >= 0.3 is 0 Å². The van der Waals surface area contributed by atoms with Gasteiger partial charge in [0.2, 0.25) is 0 Å². The van der Waals surface area contributed by atoms with Crippen molar-refractivity contribution in [3.8, 4) is 0 Å². The lowest BCUT2D eigenvalue weighted by Gasteiger charge is -2.15. The smallest absolute Gasteiger partial charge is 0.147 e. The molecule has 2 heterocycles. The van der Waals surface area contributed by atoms with Gasteiger partial charge in [-0.3, -0.25) is 0 Å². The maximum absolute atomic E-state index is 5.17. The highest BCUT2D eigenvalue weighted by atomic mass is 16.5. The summed E-state index contributed by atoms with van der Waals surface area (Å²) >= 11 is 0. The first-order chi connectivity index (χ1) is 10.4. The molecule has 21 heavy (non-hydrogen) atoms. The van der Waals surface area contributed by atoms with Crippen LogP contribution in [0.2, 0.25) is 0 Å². The van der Waals surface area contributed by atoms with E-state index in [2.05, 4.69) is 44.3 Å². The molecule has 0 atom stereocenters. The van der Waals surface area contributed by atoms with Gasteiger partial charge in [-0.25, -0.2) is 0 Å². The molecular formula is C16H22N4O. The molecule has 1 aliphatic rings. The van der Waals surface area contributed by atoms with Crippen LogP contribution in [0, 0.1) is 0 Å². The van der Waals surface area contributed by atoms with E-state index in [4.69, 9.17) is 4.74 Å². The second-order valence-electron chi connectivity index (χ2n) is 5.50. The molecule has 1 aromatic carbocycles. The lowest BCUT2D eigenvalue weighted by molar-refractivity contribution is 0.185. The summed E-state index contributed by atoms with van der Waals surface area (Å²) in [4.78, 5) is 0. The topological polar surface area (TPSA) is 52.0 Å². The first-order valence-corrected chi connectivity index (χ1v) is 7.55. The number of ether oxygens (including phenoxy) is 1. The van der Waals surface area contributed by atoms with Crippen LogP contribution >= 0.6 is 0 Å². The van der Waals surface area contributed by atoms with Crippen molar-refractivity contribution < 1.29 is 4.74 Å². The number of fused-ring (bicyclic) bond motifs is 1. The number of hydrogen-bond acceptors (Lipinski definition) is 4. The normalized spacial score (nSPS) is 14.1. The van der Waals surface area contributed by atoms with Crippen LogP contribution in [0.1, 0.15) is 35.6 Å². The van der Waals surface area contributed by atoms with Crippen molar-refractivity contribution in [2.75, 3.05) is 7.11 Å². The van der Waals surface area contributed by atoms with E-state index >= 15 is 0 Å². The summed E-state index contributed by atoms with van der Waals surface area (Å²) in [6.45, 7) is 3.31. The molecule has 112 valence electrons. The summed E-state index contributed by atoms with van der Waals surface area (Å²) in [7, 11) is 1.72. The summed E-state index contributed by atoms with van der Waals surface area (Å²) in [6, 6.07) is 8.47. The van der Waals surface area contributed by atoms with Crippen LogP contribution in [0.25, 0.3) is 0 Å². The van der Waals surface area contributed by atoms with Gasteiger partial charge in [-0.2, -0.15) is 0 Å². The molecule has 0 radical (unpaired) electrons. The van der Waals surface area contributed by atoms with Gasteiger partial charge in [0.25, 0.3) is 0 Å². The van der Waals surface area contributed by atoms with E-state index in [0.717, 1.165) is 37.7 Å². The molecule has 1 aromatic heterocycles. The molecule has 1 N–H and O–H groups in total. The summed E-state index contributed by atoms with van der Waals surface area (Å²) in [6.07, 6.45) is 3.53. The average Bonchev–Trinajstić information content (AvgIpc) is 2.92. The van der Waals surface area contributed by atoms with Crippen molar-refractivity contribution in [3.63, 3.8) is 0 Å². The Labute approximate surface area is 125 Å². The van der Waals surface area contributed by atoms with Gasteiger partial charge < -0.3 is 14.6 Å². The lowest BCUT2D eigenvalue weighted by atomic mass is 10.1. The number of nitrogens with one attached hydrogen (secondary N) is 1. The van der Waals surface area contributed by atoms with Crippen LogP contribution in [0.3, 0.4) is 0 Å². The predicted molar refractivity (Wildman–Crippen MR) is 80.7 cm³/mol. The highest BCUT2D eigenvalue weighted by Crippen LogP contribution is 2.14. The molecule has 3 rings (SSSR count). The van der Waals surface area contributed by atoms with Crippen LogP contribution in [0.4, 0.5) is 0 Å². The fourth-order valence-corrected chi connectivity index (χ4v) is 2.81. The first-order valence-electron chi connectivity index (χ1n) is 7.55. The van der Waals surface area contributed by atoms with Crippen molar-refractivity contribution in [1.82, 2.24) is 20.1 Å². The van der Waals surface area contributed by atoms with E-state index in [1.807, 2.05) is 0 Å². The van der Waals surface area contributed by atoms with Gasteiger partial charge in [-0.15, -0.1) is 10.2 Å². The monoisotopic (exact) mass is 286 g/mol. The number of methoxy groups -OCH3 is 1.